The molecule has 0 N–H and O–H groups in total. The van der Waals surface area contributed by atoms with Crippen molar-refractivity contribution < 1.29 is 14.4 Å². The first kappa shape index (κ1) is 19.8. The van der Waals surface area contributed by atoms with Crippen LogP contribution in [-0.2, 0) is 20.8 Å². The van der Waals surface area contributed by atoms with Crippen LogP contribution in [0.4, 0.5) is 0 Å². The van der Waals surface area contributed by atoms with Gasteiger partial charge < -0.3 is 0 Å². The predicted molar refractivity (Wildman–Crippen MR) is 113 cm³/mol. The molecule has 0 bridgehead atoms. The average molecular weight is 389 g/mol. The fourth-order valence-corrected chi connectivity index (χ4v) is 5.47. The maximum Gasteiger partial charge on any atom is 0.151 e. The molecule has 2 aliphatic rings. The van der Waals surface area contributed by atoms with E-state index in [1.807, 2.05) is 45.0 Å². The standard InChI is InChI=1S/C26H28O3/c1-15-10-16(2)24(17(3)11-15)25-23(28)14-20(26(25)29)13-21(27)12-19-9-8-18-6-4-5-7-22(18)19/h4-7,10-11,19-20,25H,8-9,12-14H2,1-3H3. The smallest absolute Gasteiger partial charge is 0.151 e. The molecule has 3 unspecified atom stereocenters. The molecule has 0 aliphatic heterocycles. The first-order valence-electron chi connectivity index (χ1n) is 10.6. The quantitative estimate of drug-likeness (QED) is 0.682. The second-order valence-corrected chi connectivity index (χ2v) is 8.90. The van der Waals surface area contributed by atoms with E-state index >= 15 is 0 Å². The Kier molecular flexibility index (Phi) is 5.24. The maximum absolute atomic E-state index is 13.1. The van der Waals surface area contributed by atoms with Crippen LogP contribution in [0.3, 0.4) is 0 Å². The van der Waals surface area contributed by atoms with E-state index in [0.717, 1.165) is 35.1 Å². The SMILES string of the molecule is Cc1cc(C)c(C2C(=O)CC(CC(=O)CC3CCc4ccccc43)C2=O)c(C)c1. The number of carbonyl (C=O) groups is 3. The van der Waals surface area contributed by atoms with Gasteiger partial charge in [-0.3, -0.25) is 14.4 Å². The summed E-state index contributed by atoms with van der Waals surface area (Å²) in [4.78, 5) is 38.6. The van der Waals surface area contributed by atoms with Gasteiger partial charge >= 0.3 is 0 Å². The van der Waals surface area contributed by atoms with Gasteiger partial charge in [0.05, 0.1) is 0 Å². The molecule has 0 saturated heterocycles. The third-order valence-corrected chi connectivity index (χ3v) is 6.69. The van der Waals surface area contributed by atoms with Crippen molar-refractivity contribution >= 4 is 17.3 Å². The van der Waals surface area contributed by atoms with Crippen LogP contribution in [0.5, 0.6) is 0 Å². The molecule has 1 fully saturated rings. The zero-order valence-corrected chi connectivity index (χ0v) is 17.5. The van der Waals surface area contributed by atoms with Crippen LogP contribution in [0.15, 0.2) is 36.4 Å². The Morgan fingerprint density at radius 2 is 1.62 bits per heavy atom. The van der Waals surface area contributed by atoms with Crippen molar-refractivity contribution in [2.75, 3.05) is 0 Å². The Hall–Kier alpha value is -2.55. The van der Waals surface area contributed by atoms with Crippen molar-refractivity contribution in [1.82, 2.24) is 0 Å². The lowest BCUT2D eigenvalue weighted by atomic mass is 9.85. The maximum atomic E-state index is 13.1. The highest BCUT2D eigenvalue weighted by Crippen LogP contribution is 2.39. The van der Waals surface area contributed by atoms with Gasteiger partial charge in [-0.1, -0.05) is 42.0 Å². The molecule has 2 aromatic carbocycles. The molecule has 0 amide bonds. The summed E-state index contributed by atoms with van der Waals surface area (Å²) in [5, 5.41) is 0. The summed E-state index contributed by atoms with van der Waals surface area (Å²) < 4.78 is 0. The molecule has 0 heterocycles. The van der Waals surface area contributed by atoms with Crippen molar-refractivity contribution in [1.29, 1.82) is 0 Å². The monoisotopic (exact) mass is 388 g/mol. The Bertz CT molecular complexity index is 978. The van der Waals surface area contributed by atoms with Crippen molar-refractivity contribution in [3.05, 3.63) is 69.8 Å². The largest absolute Gasteiger partial charge is 0.300 e. The fourth-order valence-electron chi connectivity index (χ4n) is 5.47. The minimum Gasteiger partial charge on any atom is -0.300 e. The molecule has 0 radical (unpaired) electrons. The van der Waals surface area contributed by atoms with Crippen LogP contribution in [0, 0.1) is 26.7 Å². The lowest BCUT2D eigenvalue weighted by molar-refractivity contribution is -0.128. The highest BCUT2D eigenvalue weighted by molar-refractivity contribution is 6.15. The molecule has 150 valence electrons. The van der Waals surface area contributed by atoms with Gasteiger partial charge in [0.1, 0.15) is 17.5 Å². The second-order valence-electron chi connectivity index (χ2n) is 8.90. The lowest BCUT2D eigenvalue weighted by Gasteiger charge is -2.16. The van der Waals surface area contributed by atoms with E-state index in [1.165, 1.54) is 11.1 Å². The van der Waals surface area contributed by atoms with Crippen LogP contribution in [0.2, 0.25) is 0 Å². The highest BCUT2D eigenvalue weighted by atomic mass is 16.2. The van der Waals surface area contributed by atoms with Gasteiger partial charge in [-0.2, -0.15) is 0 Å². The fraction of sp³-hybridized carbons (Fsp3) is 0.423. The minimum atomic E-state index is -0.694. The van der Waals surface area contributed by atoms with E-state index in [9.17, 15) is 14.4 Å². The summed E-state index contributed by atoms with van der Waals surface area (Å²) in [6.45, 7) is 5.95. The molecular weight excluding hydrogens is 360 g/mol. The summed E-state index contributed by atoms with van der Waals surface area (Å²) in [6.07, 6.45) is 2.88. The molecule has 4 rings (SSSR count). The number of hydrogen-bond donors (Lipinski definition) is 0. The minimum absolute atomic E-state index is 0.0333. The van der Waals surface area contributed by atoms with E-state index in [0.29, 0.717) is 6.42 Å². The molecule has 0 aromatic heterocycles. The van der Waals surface area contributed by atoms with Crippen LogP contribution in [0.25, 0.3) is 0 Å². The van der Waals surface area contributed by atoms with Crippen LogP contribution in [-0.4, -0.2) is 17.3 Å². The van der Waals surface area contributed by atoms with E-state index in [-0.39, 0.29) is 36.1 Å². The number of fused-ring (bicyclic) bond motifs is 1. The number of benzene rings is 2. The molecule has 3 atom stereocenters. The summed E-state index contributed by atoms with van der Waals surface area (Å²) in [7, 11) is 0. The zero-order valence-electron chi connectivity index (χ0n) is 17.5. The Morgan fingerprint density at radius 3 is 2.34 bits per heavy atom. The van der Waals surface area contributed by atoms with E-state index < -0.39 is 11.8 Å². The third kappa shape index (κ3) is 3.71. The van der Waals surface area contributed by atoms with Gasteiger partial charge in [-0.25, -0.2) is 0 Å². The number of ketones is 3. The van der Waals surface area contributed by atoms with E-state index in [1.54, 1.807) is 0 Å². The molecule has 0 spiro atoms. The average Bonchev–Trinajstić information content (AvgIpc) is 3.17. The number of carbonyl (C=O) groups excluding carboxylic acids is 3. The van der Waals surface area contributed by atoms with Crippen LogP contribution >= 0.6 is 0 Å². The number of rotatable bonds is 5. The first-order valence-corrected chi connectivity index (χ1v) is 10.6. The van der Waals surface area contributed by atoms with Crippen molar-refractivity contribution in [3.63, 3.8) is 0 Å². The summed E-state index contributed by atoms with van der Waals surface area (Å²) in [5.74, 6) is -0.893. The van der Waals surface area contributed by atoms with Gasteiger partial charge in [-0.15, -0.1) is 0 Å². The summed E-state index contributed by atoms with van der Waals surface area (Å²) in [6, 6.07) is 12.4. The Balaban J connectivity index is 1.47. The molecule has 3 heteroatoms. The van der Waals surface area contributed by atoms with Gasteiger partial charge in [0.2, 0.25) is 0 Å². The Morgan fingerprint density at radius 1 is 0.966 bits per heavy atom. The number of hydrogen-bond acceptors (Lipinski definition) is 3. The van der Waals surface area contributed by atoms with Crippen molar-refractivity contribution in [2.24, 2.45) is 5.92 Å². The highest BCUT2D eigenvalue weighted by Gasteiger charge is 2.44. The predicted octanol–water partition coefficient (Wildman–Crippen LogP) is 4.93. The van der Waals surface area contributed by atoms with Gasteiger partial charge in [0, 0.05) is 25.2 Å². The lowest BCUT2D eigenvalue weighted by Crippen LogP contribution is -2.20. The van der Waals surface area contributed by atoms with Crippen molar-refractivity contribution in [2.45, 2.75) is 64.7 Å². The van der Waals surface area contributed by atoms with Crippen LogP contribution < -0.4 is 0 Å². The molecule has 3 nitrogen and oxygen atoms in total. The summed E-state index contributed by atoms with van der Waals surface area (Å²) in [5.41, 5.74) is 6.57. The number of aryl methyl sites for hydroxylation is 4. The van der Waals surface area contributed by atoms with Gasteiger partial charge in [-0.05, 0) is 67.3 Å². The zero-order chi connectivity index (χ0) is 20.7. The molecule has 2 aliphatic carbocycles. The third-order valence-electron chi connectivity index (χ3n) is 6.69. The molecular formula is C26H28O3. The normalized spacial score (nSPS) is 23.5. The van der Waals surface area contributed by atoms with Gasteiger partial charge in [0.25, 0.3) is 0 Å². The van der Waals surface area contributed by atoms with E-state index in [2.05, 4.69) is 12.1 Å². The molecule has 2 aromatic rings. The van der Waals surface area contributed by atoms with Gasteiger partial charge in [0.15, 0.2) is 5.78 Å². The Labute approximate surface area is 172 Å². The topological polar surface area (TPSA) is 51.2 Å². The molecule has 1 saturated carbocycles. The number of Topliss-reactive ketones (excluding diaryl/α,β-unsaturated/α-hetero) is 3. The van der Waals surface area contributed by atoms with E-state index in [4.69, 9.17) is 0 Å². The van der Waals surface area contributed by atoms with Crippen molar-refractivity contribution in [3.8, 4) is 0 Å². The van der Waals surface area contributed by atoms with Crippen LogP contribution in [0.1, 0.15) is 70.9 Å². The second kappa shape index (κ2) is 7.70. The summed E-state index contributed by atoms with van der Waals surface area (Å²) >= 11 is 0. The molecule has 29 heavy (non-hydrogen) atoms. The first-order chi connectivity index (χ1) is 13.8.